The van der Waals surface area contributed by atoms with E-state index in [1.54, 1.807) is 0 Å². The highest BCUT2D eigenvalue weighted by Crippen LogP contribution is 2.54. The summed E-state index contributed by atoms with van der Waals surface area (Å²) in [6.07, 6.45) is 0.776. The molecule has 1 fully saturated rings. The van der Waals surface area contributed by atoms with Crippen LogP contribution in [0.4, 0.5) is 8.78 Å². The van der Waals surface area contributed by atoms with Crippen molar-refractivity contribution in [3.8, 4) is 0 Å². The van der Waals surface area contributed by atoms with Crippen LogP contribution in [0.25, 0.3) is 0 Å². The molecule has 98 valence electrons. The van der Waals surface area contributed by atoms with Gasteiger partial charge in [-0.1, -0.05) is 13.0 Å². The van der Waals surface area contributed by atoms with Gasteiger partial charge in [0.05, 0.1) is 0 Å². The second-order valence-electron chi connectivity index (χ2n) is 4.80. The van der Waals surface area contributed by atoms with Gasteiger partial charge in [-0.3, -0.25) is 4.79 Å². The van der Waals surface area contributed by atoms with Gasteiger partial charge in [-0.05, 0) is 24.0 Å². The van der Waals surface area contributed by atoms with Gasteiger partial charge in [-0.15, -0.1) is 11.6 Å². The molecular formula is C13H14ClF2NO. The average Bonchev–Trinajstić information content (AvgIpc) is 2.98. The highest BCUT2D eigenvalue weighted by molar-refractivity contribution is 6.27. The van der Waals surface area contributed by atoms with E-state index >= 15 is 0 Å². The molecule has 0 bridgehead atoms. The Balaban J connectivity index is 2.20. The lowest BCUT2D eigenvalue weighted by Crippen LogP contribution is -2.34. The van der Waals surface area contributed by atoms with Crippen LogP contribution in [0.3, 0.4) is 0 Å². The Morgan fingerprint density at radius 3 is 2.72 bits per heavy atom. The Bertz CT molecular complexity index is 480. The predicted molar refractivity (Wildman–Crippen MR) is 65.5 cm³/mol. The van der Waals surface area contributed by atoms with Crippen molar-refractivity contribution in [2.24, 2.45) is 5.92 Å². The summed E-state index contributed by atoms with van der Waals surface area (Å²) >= 11 is 5.40. The fraction of sp³-hybridized carbons (Fsp3) is 0.462. The first kappa shape index (κ1) is 13.3. The summed E-state index contributed by atoms with van der Waals surface area (Å²) in [6, 6.07) is 3.58. The predicted octanol–water partition coefficient (Wildman–Crippen LogP) is 2.60. The minimum Gasteiger partial charge on any atom is -0.354 e. The second-order valence-corrected chi connectivity index (χ2v) is 5.06. The highest BCUT2D eigenvalue weighted by atomic mass is 35.5. The minimum atomic E-state index is -0.593. The van der Waals surface area contributed by atoms with E-state index in [9.17, 15) is 13.6 Å². The van der Waals surface area contributed by atoms with Gasteiger partial charge in [0.1, 0.15) is 17.5 Å². The molecule has 0 aliphatic heterocycles. The Hall–Kier alpha value is -1.16. The van der Waals surface area contributed by atoms with Crippen molar-refractivity contribution in [2.75, 3.05) is 12.4 Å². The van der Waals surface area contributed by atoms with Crippen LogP contribution in [0.15, 0.2) is 18.2 Å². The number of halogens is 3. The molecule has 0 spiro atoms. The summed E-state index contributed by atoms with van der Waals surface area (Å²) in [4.78, 5) is 11.2. The molecule has 1 aliphatic carbocycles. The number of amides is 1. The van der Waals surface area contributed by atoms with E-state index in [0.29, 0.717) is 12.1 Å². The van der Waals surface area contributed by atoms with Crippen molar-refractivity contribution in [3.63, 3.8) is 0 Å². The fourth-order valence-electron chi connectivity index (χ4n) is 2.40. The lowest BCUT2D eigenvalue weighted by molar-refractivity contribution is -0.118. The Morgan fingerprint density at radius 1 is 1.56 bits per heavy atom. The van der Waals surface area contributed by atoms with Crippen molar-refractivity contribution in [1.29, 1.82) is 0 Å². The molecule has 5 heteroatoms. The number of carbonyl (C=O) groups is 1. The van der Waals surface area contributed by atoms with Gasteiger partial charge in [0.2, 0.25) is 5.91 Å². The first-order valence-corrected chi connectivity index (χ1v) is 6.31. The Labute approximate surface area is 109 Å². The van der Waals surface area contributed by atoms with E-state index in [4.69, 9.17) is 11.6 Å². The first-order chi connectivity index (χ1) is 8.49. The summed E-state index contributed by atoms with van der Waals surface area (Å²) in [5.74, 6) is -1.29. The molecule has 0 saturated heterocycles. The van der Waals surface area contributed by atoms with Crippen molar-refractivity contribution in [2.45, 2.75) is 18.8 Å². The number of benzene rings is 1. The molecule has 2 nitrogen and oxygen atoms in total. The third kappa shape index (κ3) is 2.34. The van der Waals surface area contributed by atoms with E-state index in [-0.39, 0.29) is 17.7 Å². The molecule has 1 amide bonds. The number of hydrogen-bond donors (Lipinski definition) is 1. The van der Waals surface area contributed by atoms with E-state index in [1.807, 2.05) is 6.92 Å². The lowest BCUT2D eigenvalue weighted by Gasteiger charge is -2.18. The summed E-state index contributed by atoms with van der Waals surface area (Å²) < 4.78 is 26.7. The molecular weight excluding hydrogens is 260 g/mol. The summed E-state index contributed by atoms with van der Waals surface area (Å²) in [7, 11) is 0. The second kappa shape index (κ2) is 4.84. The van der Waals surface area contributed by atoms with Crippen LogP contribution in [-0.4, -0.2) is 18.3 Å². The molecule has 2 rings (SSSR count). The minimum absolute atomic E-state index is 0.115. The molecule has 0 heterocycles. The normalized spacial score (nSPS) is 25.9. The number of alkyl halides is 1. The van der Waals surface area contributed by atoms with E-state index in [1.165, 1.54) is 12.1 Å². The highest BCUT2D eigenvalue weighted by Gasteiger charge is 2.53. The zero-order valence-electron chi connectivity index (χ0n) is 9.97. The number of rotatable bonds is 4. The molecule has 1 aromatic rings. The third-order valence-corrected chi connectivity index (χ3v) is 3.89. The maximum atomic E-state index is 13.8. The maximum absolute atomic E-state index is 13.8. The number of carbonyl (C=O) groups excluding carboxylic acids is 1. The van der Waals surface area contributed by atoms with E-state index < -0.39 is 17.0 Å². The number of nitrogens with one attached hydrogen (secondary N) is 1. The average molecular weight is 274 g/mol. The van der Waals surface area contributed by atoms with Gasteiger partial charge in [-0.25, -0.2) is 8.78 Å². The number of hydrogen-bond acceptors (Lipinski definition) is 1. The molecule has 2 unspecified atom stereocenters. The SMILES string of the molecule is CC1CC1(CNC(=O)CCl)c1ccc(F)cc1F. The van der Waals surface area contributed by atoms with Gasteiger partial charge < -0.3 is 5.32 Å². The monoisotopic (exact) mass is 273 g/mol. The van der Waals surface area contributed by atoms with E-state index in [2.05, 4.69) is 5.32 Å². The summed E-state index contributed by atoms with van der Waals surface area (Å²) in [6.45, 7) is 2.32. The van der Waals surface area contributed by atoms with Gasteiger partial charge in [0.25, 0.3) is 0 Å². The van der Waals surface area contributed by atoms with Crippen molar-refractivity contribution in [3.05, 3.63) is 35.4 Å². The molecule has 2 atom stereocenters. The van der Waals surface area contributed by atoms with Crippen LogP contribution in [0.1, 0.15) is 18.9 Å². The maximum Gasteiger partial charge on any atom is 0.234 e. The fourth-order valence-corrected chi connectivity index (χ4v) is 2.50. The van der Waals surface area contributed by atoms with Crippen LogP contribution in [0.5, 0.6) is 0 Å². The van der Waals surface area contributed by atoms with Crippen LogP contribution in [-0.2, 0) is 10.2 Å². The largest absolute Gasteiger partial charge is 0.354 e. The molecule has 0 aromatic heterocycles. The van der Waals surface area contributed by atoms with Crippen LogP contribution in [0.2, 0.25) is 0 Å². The van der Waals surface area contributed by atoms with Gasteiger partial charge >= 0.3 is 0 Å². The zero-order chi connectivity index (χ0) is 13.3. The smallest absolute Gasteiger partial charge is 0.234 e. The first-order valence-electron chi connectivity index (χ1n) is 5.78. The lowest BCUT2D eigenvalue weighted by atomic mass is 9.92. The summed E-state index contributed by atoms with van der Waals surface area (Å²) in [5, 5.41) is 2.67. The van der Waals surface area contributed by atoms with Gasteiger partial charge in [0, 0.05) is 18.0 Å². The summed E-state index contributed by atoms with van der Waals surface area (Å²) in [5.41, 5.74) is 0.0470. The van der Waals surface area contributed by atoms with Crippen LogP contribution in [0, 0.1) is 17.6 Å². The zero-order valence-corrected chi connectivity index (χ0v) is 10.7. The van der Waals surface area contributed by atoms with Gasteiger partial charge in [0.15, 0.2) is 0 Å². The Kier molecular flexibility index (Phi) is 3.57. The Morgan fingerprint density at radius 2 is 2.22 bits per heavy atom. The van der Waals surface area contributed by atoms with Crippen LogP contribution < -0.4 is 5.32 Å². The topological polar surface area (TPSA) is 29.1 Å². The molecule has 18 heavy (non-hydrogen) atoms. The molecule has 1 N–H and O–H groups in total. The van der Waals surface area contributed by atoms with E-state index in [0.717, 1.165) is 12.5 Å². The third-order valence-electron chi connectivity index (χ3n) is 3.64. The standard InChI is InChI=1S/C13H14ClF2NO/c1-8-5-13(8,7-17-12(18)6-14)10-3-2-9(15)4-11(10)16/h2-4,8H,5-7H2,1H3,(H,17,18). The van der Waals surface area contributed by atoms with Crippen molar-refractivity contribution >= 4 is 17.5 Å². The quantitative estimate of drug-likeness (QED) is 0.840. The molecule has 1 aliphatic rings. The van der Waals surface area contributed by atoms with Crippen molar-refractivity contribution in [1.82, 2.24) is 5.32 Å². The van der Waals surface area contributed by atoms with Crippen LogP contribution >= 0.6 is 11.6 Å². The van der Waals surface area contributed by atoms with Gasteiger partial charge in [-0.2, -0.15) is 0 Å². The van der Waals surface area contributed by atoms with Crippen molar-refractivity contribution < 1.29 is 13.6 Å². The molecule has 1 aromatic carbocycles. The molecule has 0 radical (unpaired) electrons. The molecule has 1 saturated carbocycles.